The van der Waals surface area contributed by atoms with Crippen LogP contribution in [0.15, 0.2) is 11.6 Å². The smallest absolute Gasteiger partial charge is 0.155 e. The Hall–Kier alpha value is -0.630. The van der Waals surface area contributed by atoms with Crippen LogP contribution in [0.25, 0.3) is 0 Å². The van der Waals surface area contributed by atoms with Crippen LogP contribution in [0.1, 0.15) is 26.7 Å². The van der Waals surface area contributed by atoms with Crippen LogP contribution in [0.3, 0.4) is 0 Å². The predicted molar refractivity (Wildman–Crippen MR) is 40.6 cm³/mol. The predicted octanol–water partition coefficient (Wildman–Crippen LogP) is 1.01. The fraction of sp³-hybridized carbons (Fsp3) is 0.625. The molecule has 0 bridgehead atoms. The second kappa shape index (κ2) is 2.20. The van der Waals surface area contributed by atoms with Crippen LogP contribution < -0.4 is 5.73 Å². The van der Waals surface area contributed by atoms with Gasteiger partial charge in [0.05, 0.1) is 0 Å². The maximum Gasteiger partial charge on any atom is 0.155 e. The summed E-state index contributed by atoms with van der Waals surface area (Å²) in [4.78, 5) is 10.8. The fourth-order valence-electron chi connectivity index (χ4n) is 1.06. The van der Waals surface area contributed by atoms with E-state index in [4.69, 9.17) is 5.73 Å². The van der Waals surface area contributed by atoms with E-state index < -0.39 is 0 Å². The summed E-state index contributed by atoms with van der Waals surface area (Å²) in [5, 5.41) is 0. The number of carbonyl (C=O) groups excluding carboxylic acids is 1. The van der Waals surface area contributed by atoms with Crippen molar-refractivity contribution in [3.05, 3.63) is 11.6 Å². The van der Waals surface area contributed by atoms with Crippen molar-refractivity contribution in [3.63, 3.8) is 0 Å². The molecule has 1 aliphatic rings. The van der Waals surface area contributed by atoms with Crippen molar-refractivity contribution < 1.29 is 4.79 Å². The summed E-state index contributed by atoms with van der Waals surface area (Å²) in [6.45, 7) is 3.88. The quantitative estimate of drug-likeness (QED) is 0.544. The van der Waals surface area contributed by atoms with E-state index in [0.29, 0.717) is 6.42 Å². The second-order valence-electron chi connectivity index (χ2n) is 3.21. The van der Waals surface area contributed by atoms with E-state index >= 15 is 0 Å². The second-order valence-corrected chi connectivity index (χ2v) is 3.21. The lowest BCUT2D eigenvalue weighted by Gasteiger charge is -2.28. The average Bonchev–Trinajstić information content (AvgIpc) is 1.81. The summed E-state index contributed by atoms with van der Waals surface area (Å²) in [7, 11) is 0. The third-order valence-corrected chi connectivity index (χ3v) is 2.17. The third-order valence-electron chi connectivity index (χ3n) is 2.17. The van der Waals surface area contributed by atoms with Gasteiger partial charge in [-0.2, -0.15) is 0 Å². The van der Waals surface area contributed by atoms with E-state index in [0.717, 1.165) is 12.0 Å². The highest BCUT2D eigenvalue weighted by Crippen LogP contribution is 2.23. The summed E-state index contributed by atoms with van der Waals surface area (Å²) in [6.07, 6.45) is 3.04. The Bertz CT molecular complexity index is 191. The van der Waals surface area contributed by atoms with Crippen molar-refractivity contribution in [1.82, 2.24) is 0 Å². The number of hydrogen-bond acceptors (Lipinski definition) is 2. The van der Waals surface area contributed by atoms with Crippen LogP contribution in [-0.4, -0.2) is 11.3 Å². The summed E-state index contributed by atoms with van der Waals surface area (Å²) in [6, 6.07) is 0. The van der Waals surface area contributed by atoms with Gasteiger partial charge in [0.15, 0.2) is 5.78 Å². The Kier molecular flexibility index (Phi) is 1.65. The largest absolute Gasteiger partial charge is 0.322 e. The minimum Gasteiger partial charge on any atom is -0.322 e. The van der Waals surface area contributed by atoms with Crippen molar-refractivity contribution in [3.8, 4) is 0 Å². The van der Waals surface area contributed by atoms with Crippen molar-refractivity contribution in [2.24, 2.45) is 5.73 Å². The molecule has 0 aliphatic heterocycles. The molecule has 0 spiro atoms. The maximum absolute atomic E-state index is 10.8. The Balaban J connectivity index is 2.88. The zero-order valence-corrected chi connectivity index (χ0v) is 6.48. The van der Waals surface area contributed by atoms with Gasteiger partial charge in [0.25, 0.3) is 0 Å². The van der Waals surface area contributed by atoms with Gasteiger partial charge in [-0.05, 0) is 26.3 Å². The number of allylic oxidation sites excluding steroid dienone is 1. The van der Waals surface area contributed by atoms with Gasteiger partial charge in [-0.1, -0.05) is 5.57 Å². The molecule has 1 atom stereocenters. The zero-order valence-electron chi connectivity index (χ0n) is 6.48. The van der Waals surface area contributed by atoms with Crippen LogP contribution in [0.2, 0.25) is 0 Å². The van der Waals surface area contributed by atoms with Gasteiger partial charge in [0.2, 0.25) is 0 Å². The number of ketones is 1. The van der Waals surface area contributed by atoms with Gasteiger partial charge >= 0.3 is 0 Å². The molecule has 1 unspecified atom stereocenters. The minimum atomic E-state index is -0.242. The van der Waals surface area contributed by atoms with Crippen molar-refractivity contribution in [2.45, 2.75) is 32.2 Å². The number of rotatable bonds is 0. The Labute approximate surface area is 61.1 Å². The van der Waals surface area contributed by atoms with E-state index in [1.165, 1.54) is 0 Å². The van der Waals surface area contributed by atoms with Crippen LogP contribution in [0.4, 0.5) is 0 Å². The molecule has 0 amide bonds. The zero-order chi connectivity index (χ0) is 7.78. The van der Waals surface area contributed by atoms with Crippen molar-refractivity contribution in [2.75, 3.05) is 0 Å². The summed E-state index contributed by atoms with van der Waals surface area (Å²) < 4.78 is 0. The fourth-order valence-corrected chi connectivity index (χ4v) is 1.06. The first kappa shape index (κ1) is 7.48. The van der Waals surface area contributed by atoms with Crippen molar-refractivity contribution >= 4 is 5.78 Å². The molecule has 0 aromatic heterocycles. The molecule has 0 heterocycles. The highest BCUT2D eigenvalue weighted by atomic mass is 16.1. The third kappa shape index (κ3) is 1.27. The van der Waals surface area contributed by atoms with Crippen LogP contribution in [-0.2, 0) is 4.79 Å². The lowest BCUT2D eigenvalue weighted by Crippen LogP contribution is -2.40. The lowest BCUT2D eigenvalue weighted by molar-refractivity contribution is -0.115. The molecule has 2 N–H and O–H groups in total. The lowest BCUT2D eigenvalue weighted by atomic mass is 9.83. The van der Waals surface area contributed by atoms with E-state index in [1.54, 1.807) is 6.08 Å². The highest BCUT2D eigenvalue weighted by molar-refractivity contribution is 5.91. The molecule has 2 heteroatoms. The molecule has 10 heavy (non-hydrogen) atoms. The van der Waals surface area contributed by atoms with Crippen LogP contribution >= 0.6 is 0 Å². The molecule has 1 aliphatic carbocycles. The molecule has 0 aromatic rings. The molecule has 0 saturated carbocycles. The van der Waals surface area contributed by atoms with Gasteiger partial charge < -0.3 is 5.73 Å². The molecule has 0 saturated heterocycles. The van der Waals surface area contributed by atoms with E-state index in [9.17, 15) is 4.79 Å². The summed E-state index contributed by atoms with van der Waals surface area (Å²) >= 11 is 0. The number of carbonyl (C=O) groups is 1. The SMILES string of the molecule is CC1=CC(=O)CCC1(C)N. The van der Waals surface area contributed by atoms with E-state index in [2.05, 4.69) is 0 Å². The molecular weight excluding hydrogens is 126 g/mol. The number of hydrogen-bond donors (Lipinski definition) is 1. The Morgan fingerprint density at radius 2 is 2.30 bits per heavy atom. The van der Waals surface area contributed by atoms with Gasteiger partial charge in [-0.15, -0.1) is 0 Å². The normalized spacial score (nSPS) is 33.9. The Morgan fingerprint density at radius 3 is 2.70 bits per heavy atom. The maximum atomic E-state index is 10.8. The molecule has 56 valence electrons. The molecule has 1 rings (SSSR count). The molecule has 0 aromatic carbocycles. The first-order valence-electron chi connectivity index (χ1n) is 3.53. The standard InChI is InChI=1S/C8H13NO/c1-6-5-7(10)3-4-8(6,2)9/h5H,3-4,9H2,1-2H3. The summed E-state index contributed by atoms with van der Waals surface area (Å²) in [5.74, 6) is 0.209. The van der Waals surface area contributed by atoms with E-state index in [-0.39, 0.29) is 11.3 Å². The average molecular weight is 139 g/mol. The van der Waals surface area contributed by atoms with Gasteiger partial charge in [0.1, 0.15) is 0 Å². The van der Waals surface area contributed by atoms with Gasteiger partial charge in [0, 0.05) is 12.0 Å². The molecule has 0 fully saturated rings. The molecular formula is C8H13NO. The van der Waals surface area contributed by atoms with E-state index in [1.807, 2.05) is 13.8 Å². The van der Waals surface area contributed by atoms with Gasteiger partial charge in [-0.25, -0.2) is 0 Å². The summed E-state index contributed by atoms with van der Waals surface area (Å²) in [5.41, 5.74) is 6.62. The van der Waals surface area contributed by atoms with Crippen LogP contribution in [0, 0.1) is 0 Å². The van der Waals surface area contributed by atoms with Crippen LogP contribution in [0.5, 0.6) is 0 Å². The first-order valence-corrected chi connectivity index (χ1v) is 3.53. The first-order chi connectivity index (χ1) is 4.52. The monoisotopic (exact) mass is 139 g/mol. The molecule has 2 nitrogen and oxygen atoms in total. The Morgan fingerprint density at radius 1 is 1.70 bits per heavy atom. The van der Waals surface area contributed by atoms with Gasteiger partial charge in [-0.3, -0.25) is 4.79 Å². The topological polar surface area (TPSA) is 43.1 Å². The van der Waals surface area contributed by atoms with Crippen molar-refractivity contribution in [1.29, 1.82) is 0 Å². The number of nitrogens with two attached hydrogens (primary N) is 1. The highest BCUT2D eigenvalue weighted by Gasteiger charge is 2.25. The molecule has 0 radical (unpaired) electrons. The minimum absolute atomic E-state index is 0.209.